The average molecular weight is 239 g/mol. The number of fused-ring (bicyclic) bond motifs is 1. The van der Waals surface area contributed by atoms with E-state index in [4.69, 9.17) is 5.14 Å². The SMILES string of the molecule is Cc1cccc2c(S(N)(=O)(O)O)cccc12. The summed E-state index contributed by atoms with van der Waals surface area (Å²) in [5.41, 5.74) is 0.955. The van der Waals surface area contributed by atoms with Crippen LogP contribution in [-0.4, -0.2) is 13.3 Å². The fourth-order valence-electron chi connectivity index (χ4n) is 1.77. The monoisotopic (exact) mass is 239 g/mol. The van der Waals surface area contributed by atoms with Crippen LogP contribution in [0.1, 0.15) is 5.56 Å². The summed E-state index contributed by atoms with van der Waals surface area (Å²) in [6, 6.07) is 10.1. The maximum atomic E-state index is 11.6. The van der Waals surface area contributed by atoms with Gasteiger partial charge in [0.05, 0.1) is 4.90 Å². The minimum atomic E-state index is -5.19. The Labute approximate surface area is 93.3 Å². The molecule has 4 N–H and O–H groups in total. The molecule has 0 atom stereocenters. The molecule has 4 nitrogen and oxygen atoms in total. The number of benzene rings is 2. The molecule has 0 aliphatic heterocycles. The molecule has 5 heteroatoms. The Morgan fingerprint density at radius 3 is 2.25 bits per heavy atom. The third-order valence-electron chi connectivity index (χ3n) is 2.51. The van der Waals surface area contributed by atoms with Crippen molar-refractivity contribution in [1.82, 2.24) is 0 Å². The zero-order valence-electron chi connectivity index (χ0n) is 8.75. The first kappa shape index (κ1) is 11.2. The first-order chi connectivity index (χ1) is 7.26. The van der Waals surface area contributed by atoms with E-state index >= 15 is 0 Å². The molecule has 0 heterocycles. The van der Waals surface area contributed by atoms with Crippen molar-refractivity contribution in [3.63, 3.8) is 0 Å². The zero-order chi connectivity index (χ0) is 12.0. The van der Waals surface area contributed by atoms with E-state index in [2.05, 4.69) is 0 Å². The smallest absolute Gasteiger partial charge is 0.163 e. The number of aryl methyl sites for hydroxylation is 1. The summed E-state index contributed by atoms with van der Waals surface area (Å²) in [6.45, 7) is 1.88. The van der Waals surface area contributed by atoms with Crippen molar-refractivity contribution in [1.29, 1.82) is 0 Å². The highest BCUT2D eigenvalue weighted by Gasteiger charge is 2.28. The molecule has 0 amide bonds. The van der Waals surface area contributed by atoms with Gasteiger partial charge in [-0.1, -0.05) is 30.3 Å². The van der Waals surface area contributed by atoms with Gasteiger partial charge in [-0.25, -0.2) is 9.35 Å². The summed E-state index contributed by atoms with van der Waals surface area (Å²) in [5.74, 6) is 0. The topological polar surface area (TPSA) is 83.6 Å². The Hall–Kier alpha value is -1.27. The van der Waals surface area contributed by atoms with Crippen molar-refractivity contribution in [2.24, 2.45) is 5.14 Å². The van der Waals surface area contributed by atoms with Gasteiger partial charge in [0.1, 0.15) is 0 Å². The predicted octanol–water partition coefficient (Wildman–Crippen LogP) is 2.15. The van der Waals surface area contributed by atoms with Gasteiger partial charge >= 0.3 is 0 Å². The molecule has 2 rings (SSSR count). The van der Waals surface area contributed by atoms with E-state index < -0.39 is 9.81 Å². The lowest BCUT2D eigenvalue weighted by atomic mass is 10.1. The summed E-state index contributed by atoms with van der Waals surface area (Å²) in [5, 5.41) is 6.37. The van der Waals surface area contributed by atoms with Gasteiger partial charge in [0.15, 0.2) is 9.81 Å². The van der Waals surface area contributed by atoms with Crippen molar-refractivity contribution in [2.75, 3.05) is 0 Å². The van der Waals surface area contributed by atoms with E-state index in [1.54, 1.807) is 18.2 Å². The Morgan fingerprint density at radius 2 is 1.62 bits per heavy atom. The molecular formula is C11H13NO3S. The van der Waals surface area contributed by atoms with Crippen molar-refractivity contribution < 1.29 is 13.3 Å². The first-order valence-corrected chi connectivity index (χ1v) is 6.65. The fraction of sp³-hybridized carbons (Fsp3) is 0.0909. The third-order valence-corrected chi connectivity index (χ3v) is 3.70. The number of nitrogens with two attached hydrogens (primary N) is 1. The molecule has 0 saturated heterocycles. The van der Waals surface area contributed by atoms with E-state index in [-0.39, 0.29) is 4.90 Å². The minimum Gasteiger partial charge on any atom is -0.294 e. The van der Waals surface area contributed by atoms with Crippen molar-refractivity contribution in [3.8, 4) is 0 Å². The van der Waals surface area contributed by atoms with Crippen LogP contribution in [-0.2, 0) is 9.81 Å². The highest BCUT2D eigenvalue weighted by Crippen LogP contribution is 2.31. The van der Waals surface area contributed by atoms with E-state index in [1.807, 2.05) is 19.1 Å². The Balaban J connectivity index is 2.94. The van der Waals surface area contributed by atoms with Crippen LogP contribution in [0, 0.1) is 6.92 Å². The molecule has 0 aliphatic rings. The Kier molecular flexibility index (Phi) is 2.18. The summed E-state index contributed by atoms with van der Waals surface area (Å²) in [6.07, 6.45) is 0. The average Bonchev–Trinajstić information content (AvgIpc) is 2.15. The fourth-order valence-corrected chi connectivity index (χ4v) is 2.70. The van der Waals surface area contributed by atoms with Crippen LogP contribution in [0.25, 0.3) is 10.8 Å². The molecule has 0 radical (unpaired) electrons. The van der Waals surface area contributed by atoms with Gasteiger partial charge in [0.25, 0.3) is 0 Å². The molecule has 0 unspecified atom stereocenters. The maximum Gasteiger partial charge on any atom is 0.163 e. The zero-order valence-corrected chi connectivity index (χ0v) is 9.57. The van der Waals surface area contributed by atoms with E-state index in [0.717, 1.165) is 10.9 Å². The molecule has 86 valence electrons. The molecule has 0 saturated carbocycles. The van der Waals surface area contributed by atoms with Gasteiger partial charge in [0.2, 0.25) is 0 Å². The van der Waals surface area contributed by atoms with Gasteiger partial charge in [0, 0.05) is 5.39 Å². The van der Waals surface area contributed by atoms with Crippen molar-refractivity contribution >= 4 is 20.6 Å². The van der Waals surface area contributed by atoms with Crippen LogP contribution < -0.4 is 5.14 Å². The second-order valence-electron chi connectivity index (χ2n) is 3.85. The van der Waals surface area contributed by atoms with E-state index in [0.29, 0.717) is 5.39 Å². The molecule has 0 spiro atoms. The summed E-state index contributed by atoms with van der Waals surface area (Å²) in [7, 11) is -5.19. The summed E-state index contributed by atoms with van der Waals surface area (Å²) < 4.78 is 30.5. The highest BCUT2D eigenvalue weighted by atomic mass is 32.3. The van der Waals surface area contributed by atoms with Gasteiger partial charge in [-0.3, -0.25) is 9.11 Å². The summed E-state index contributed by atoms with van der Waals surface area (Å²) in [4.78, 5) is -0.141. The Bertz CT molecular complexity index is 619. The molecule has 0 fully saturated rings. The molecule has 0 bridgehead atoms. The normalized spacial score (nSPS) is 14.6. The van der Waals surface area contributed by atoms with Crippen LogP contribution in [0.3, 0.4) is 0 Å². The predicted molar refractivity (Wildman–Crippen MR) is 64.5 cm³/mol. The van der Waals surface area contributed by atoms with Gasteiger partial charge in [-0.2, -0.15) is 0 Å². The molecule has 2 aromatic rings. The second kappa shape index (κ2) is 3.11. The van der Waals surface area contributed by atoms with E-state index in [1.165, 1.54) is 6.07 Å². The minimum absolute atomic E-state index is 0.141. The standard InChI is InChI=1S/C11H13NO3S/c1-8-4-2-6-10-9(8)5-3-7-11(10)16(12,13,14)15/h2-7H,1H3,(H4,12,13,14,15). The van der Waals surface area contributed by atoms with Crippen LogP contribution in [0.2, 0.25) is 0 Å². The number of rotatable bonds is 1. The van der Waals surface area contributed by atoms with Crippen molar-refractivity contribution in [2.45, 2.75) is 11.8 Å². The lowest BCUT2D eigenvalue weighted by Gasteiger charge is -2.26. The number of hydrogen-bond donors (Lipinski definition) is 3. The quantitative estimate of drug-likeness (QED) is 0.713. The molecular weight excluding hydrogens is 226 g/mol. The molecule has 16 heavy (non-hydrogen) atoms. The lowest BCUT2D eigenvalue weighted by Crippen LogP contribution is -2.41. The maximum absolute atomic E-state index is 11.6. The summed E-state index contributed by atoms with van der Waals surface area (Å²) >= 11 is 0. The Morgan fingerprint density at radius 1 is 1.06 bits per heavy atom. The first-order valence-electron chi connectivity index (χ1n) is 4.71. The molecule has 0 aromatic heterocycles. The largest absolute Gasteiger partial charge is 0.294 e. The van der Waals surface area contributed by atoms with Crippen LogP contribution >= 0.6 is 0 Å². The second-order valence-corrected chi connectivity index (χ2v) is 6.13. The van der Waals surface area contributed by atoms with Crippen LogP contribution in [0.15, 0.2) is 41.3 Å². The lowest BCUT2D eigenvalue weighted by molar-refractivity contribution is 0.392. The molecule has 0 aliphatic carbocycles. The van der Waals surface area contributed by atoms with Crippen molar-refractivity contribution in [3.05, 3.63) is 42.0 Å². The highest BCUT2D eigenvalue weighted by molar-refractivity contribution is 8.08. The van der Waals surface area contributed by atoms with Crippen LogP contribution in [0.4, 0.5) is 0 Å². The van der Waals surface area contributed by atoms with Gasteiger partial charge in [-0.15, -0.1) is 0 Å². The number of hydrogen-bond acceptors (Lipinski definition) is 1. The van der Waals surface area contributed by atoms with E-state index in [9.17, 15) is 13.3 Å². The molecule has 2 aromatic carbocycles. The van der Waals surface area contributed by atoms with Crippen LogP contribution in [0.5, 0.6) is 0 Å². The third kappa shape index (κ3) is 1.85. The van der Waals surface area contributed by atoms with Gasteiger partial charge in [-0.05, 0) is 23.9 Å². The van der Waals surface area contributed by atoms with Gasteiger partial charge < -0.3 is 0 Å².